The van der Waals surface area contributed by atoms with E-state index in [1.54, 1.807) is 0 Å². The van der Waals surface area contributed by atoms with Gasteiger partial charge in [-0.3, -0.25) is 0 Å². The van der Waals surface area contributed by atoms with E-state index in [2.05, 4.69) is 22.4 Å². The molecule has 1 saturated heterocycles. The first-order valence-corrected chi connectivity index (χ1v) is 7.05. The van der Waals surface area contributed by atoms with Crippen molar-refractivity contribution in [2.24, 2.45) is 5.92 Å². The highest BCUT2D eigenvalue weighted by Gasteiger charge is 2.28. The van der Waals surface area contributed by atoms with Crippen LogP contribution in [0.1, 0.15) is 25.7 Å². The molecule has 2 heterocycles. The predicted octanol–water partition coefficient (Wildman–Crippen LogP) is 2.46. The zero-order valence-corrected chi connectivity index (χ0v) is 11.8. The molecule has 1 N–H and O–H groups in total. The van der Waals surface area contributed by atoms with Gasteiger partial charge in [0.1, 0.15) is 5.75 Å². The average molecular weight is 273 g/mol. The zero-order chi connectivity index (χ0) is 13.9. The summed E-state index contributed by atoms with van der Waals surface area (Å²) in [5.41, 5.74) is 0.921. The summed E-state index contributed by atoms with van der Waals surface area (Å²) in [6, 6.07) is 7.77. The molecule has 5 heteroatoms. The van der Waals surface area contributed by atoms with Crippen molar-refractivity contribution in [2.75, 3.05) is 19.7 Å². The fraction of sp³-hybridized carbons (Fsp3) is 0.467. The topological polar surface area (TPSA) is 60.2 Å². The first kappa shape index (κ1) is 13.1. The van der Waals surface area contributed by atoms with Gasteiger partial charge in [-0.05, 0) is 38.1 Å². The monoisotopic (exact) mass is 273 g/mol. The summed E-state index contributed by atoms with van der Waals surface area (Å²) in [6.07, 6.45) is 0. The molecule has 0 aliphatic carbocycles. The Hall–Kier alpha value is -1.88. The third-order valence-corrected chi connectivity index (χ3v) is 3.75. The van der Waals surface area contributed by atoms with Crippen LogP contribution in [0.3, 0.4) is 0 Å². The molecule has 5 nitrogen and oxygen atoms in total. The van der Waals surface area contributed by atoms with E-state index in [1.165, 1.54) is 0 Å². The van der Waals surface area contributed by atoms with Gasteiger partial charge in [0.25, 0.3) is 0 Å². The molecule has 1 aromatic heterocycles. The van der Waals surface area contributed by atoms with E-state index < -0.39 is 0 Å². The highest BCUT2D eigenvalue weighted by molar-refractivity contribution is 5.56. The van der Waals surface area contributed by atoms with Crippen LogP contribution in [0.5, 0.6) is 5.75 Å². The van der Waals surface area contributed by atoms with Crippen molar-refractivity contribution >= 4 is 0 Å². The van der Waals surface area contributed by atoms with E-state index >= 15 is 0 Å². The average Bonchev–Trinajstić information content (AvgIpc) is 2.87. The van der Waals surface area contributed by atoms with Gasteiger partial charge >= 0.3 is 0 Å². The van der Waals surface area contributed by atoms with E-state index in [9.17, 15) is 0 Å². The minimum absolute atomic E-state index is 0.299. The van der Waals surface area contributed by atoms with Crippen molar-refractivity contribution in [3.8, 4) is 17.1 Å². The van der Waals surface area contributed by atoms with Gasteiger partial charge < -0.3 is 14.6 Å². The van der Waals surface area contributed by atoms with E-state index in [4.69, 9.17) is 9.26 Å². The zero-order valence-electron chi connectivity index (χ0n) is 11.8. The molecule has 0 amide bonds. The summed E-state index contributed by atoms with van der Waals surface area (Å²) in [5, 5.41) is 7.35. The summed E-state index contributed by atoms with van der Waals surface area (Å²) in [6.45, 7) is 6.80. The van der Waals surface area contributed by atoms with Crippen LogP contribution in [0.15, 0.2) is 28.8 Å². The molecule has 0 saturated carbocycles. The first-order valence-electron chi connectivity index (χ1n) is 7.05. The molecule has 1 atom stereocenters. The number of hydrogen-bond donors (Lipinski definition) is 1. The number of rotatable bonds is 5. The van der Waals surface area contributed by atoms with E-state index in [1.807, 2.05) is 31.2 Å². The number of hydrogen-bond acceptors (Lipinski definition) is 5. The normalized spacial score (nSPS) is 16.7. The van der Waals surface area contributed by atoms with Gasteiger partial charge in [-0.1, -0.05) is 24.2 Å². The van der Waals surface area contributed by atoms with Crippen molar-refractivity contribution in [3.63, 3.8) is 0 Å². The van der Waals surface area contributed by atoms with Crippen LogP contribution >= 0.6 is 0 Å². The largest absolute Gasteiger partial charge is 0.494 e. The van der Waals surface area contributed by atoms with Crippen LogP contribution in [0, 0.1) is 5.92 Å². The van der Waals surface area contributed by atoms with Gasteiger partial charge in [0.15, 0.2) is 0 Å². The summed E-state index contributed by atoms with van der Waals surface area (Å²) in [4.78, 5) is 4.52. The summed E-state index contributed by atoms with van der Waals surface area (Å²) >= 11 is 0. The standard InChI is InChI=1S/C15H19N3O2/c1-3-19-13-6-4-5-11(7-13)14-17-15(20-18-14)10(2)12-8-16-9-12/h4-7,10,12,16H,3,8-9H2,1-2H3. The molecule has 2 aromatic rings. The molecular formula is C15H19N3O2. The van der Waals surface area contributed by atoms with Gasteiger partial charge in [-0.2, -0.15) is 4.98 Å². The molecule has 0 spiro atoms. The third-order valence-electron chi connectivity index (χ3n) is 3.75. The number of aromatic nitrogens is 2. The Balaban J connectivity index is 1.80. The maximum atomic E-state index is 5.49. The van der Waals surface area contributed by atoms with E-state index in [0.29, 0.717) is 30.2 Å². The molecule has 1 fully saturated rings. The second-order valence-electron chi connectivity index (χ2n) is 5.12. The molecule has 1 aliphatic rings. The number of nitrogens with one attached hydrogen (secondary N) is 1. The highest BCUT2D eigenvalue weighted by Crippen LogP contribution is 2.28. The van der Waals surface area contributed by atoms with Crippen LogP contribution in [0.2, 0.25) is 0 Å². The highest BCUT2D eigenvalue weighted by atomic mass is 16.5. The van der Waals surface area contributed by atoms with Crippen LogP contribution in [0.4, 0.5) is 0 Å². The quantitative estimate of drug-likeness (QED) is 0.906. The van der Waals surface area contributed by atoms with Crippen molar-refractivity contribution in [2.45, 2.75) is 19.8 Å². The van der Waals surface area contributed by atoms with Crippen LogP contribution in [-0.4, -0.2) is 29.8 Å². The van der Waals surface area contributed by atoms with E-state index in [-0.39, 0.29) is 0 Å². The Morgan fingerprint density at radius 1 is 1.45 bits per heavy atom. The van der Waals surface area contributed by atoms with Crippen molar-refractivity contribution in [1.82, 2.24) is 15.5 Å². The SMILES string of the molecule is CCOc1cccc(-c2noc(C(C)C3CNC3)n2)c1. The van der Waals surface area contributed by atoms with E-state index in [0.717, 1.165) is 24.4 Å². The lowest BCUT2D eigenvalue weighted by Gasteiger charge is -2.30. The van der Waals surface area contributed by atoms with Crippen LogP contribution < -0.4 is 10.1 Å². The Labute approximate surface area is 118 Å². The number of nitrogens with zero attached hydrogens (tertiary/aromatic N) is 2. The molecule has 0 bridgehead atoms. The van der Waals surface area contributed by atoms with Gasteiger partial charge in [0, 0.05) is 11.5 Å². The summed E-state index contributed by atoms with van der Waals surface area (Å²) < 4.78 is 10.9. The fourth-order valence-electron chi connectivity index (χ4n) is 2.30. The Kier molecular flexibility index (Phi) is 3.69. The molecule has 20 heavy (non-hydrogen) atoms. The van der Waals surface area contributed by atoms with Crippen LogP contribution in [-0.2, 0) is 0 Å². The van der Waals surface area contributed by atoms with Crippen molar-refractivity contribution < 1.29 is 9.26 Å². The molecule has 1 unspecified atom stereocenters. The number of benzene rings is 1. The minimum atomic E-state index is 0.299. The fourth-order valence-corrected chi connectivity index (χ4v) is 2.30. The predicted molar refractivity (Wildman–Crippen MR) is 75.7 cm³/mol. The Bertz CT molecular complexity index is 578. The molecule has 1 aliphatic heterocycles. The molecular weight excluding hydrogens is 254 g/mol. The van der Waals surface area contributed by atoms with Crippen molar-refractivity contribution in [1.29, 1.82) is 0 Å². The molecule has 0 radical (unpaired) electrons. The maximum absolute atomic E-state index is 5.49. The van der Waals surface area contributed by atoms with Gasteiger partial charge in [0.2, 0.25) is 11.7 Å². The molecule has 106 valence electrons. The van der Waals surface area contributed by atoms with Crippen LogP contribution in [0.25, 0.3) is 11.4 Å². The lowest BCUT2D eigenvalue weighted by Crippen LogP contribution is -2.44. The Morgan fingerprint density at radius 3 is 3.00 bits per heavy atom. The summed E-state index contributed by atoms with van der Waals surface area (Å²) in [5.74, 6) is 3.06. The first-order chi connectivity index (χ1) is 9.78. The molecule has 1 aromatic carbocycles. The van der Waals surface area contributed by atoms with Gasteiger partial charge in [-0.25, -0.2) is 0 Å². The number of ether oxygens (including phenoxy) is 1. The smallest absolute Gasteiger partial charge is 0.230 e. The Morgan fingerprint density at radius 2 is 2.30 bits per heavy atom. The lowest BCUT2D eigenvalue weighted by atomic mass is 9.89. The molecule has 3 rings (SSSR count). The second kappa shape index (κ2) is 5.63. The third kappa shape index (κ3) is 2.54. The summed E-state index contributed by atoms with van der Waals surface area (Å²) in [7, 11) is 0. The maximum Gasteiger partial charge on any atom is 0.230 e. The van der Waals surface area contributed by atoms with Gasteiger partial charge in [-0.15, -0.1) is 0 Å². The van der Waals surface area contributed by atoms with Crippen molar-refractivity contribution in [3.05, 3.63) is 30.2 Å². The second-order valence-corrected chi connectivity index (χ2v) is 5.12. The van der Waals surface area contributed by atoms with Gasteiger partial charge in [0.05, 0.1) is 6.61 Å². The lowest BCUT2D eigenvalue weighted by molar-refractivity contribution is 0.252. The minimum Gasteiger partial charge on any atom is -0.494 e.